The molecule has 1 amide bonds. The number of ketones is 1. The zero-order valence-corrected chi connectivity index (χ0v) is 14.4. The molecule has 5 nitrogen and oxygen atoms in total. The molecule has 0 saturated carbocycles. The van der Waals surface area contributed by atoms with Crippen molar-refractivity contribution in [3.8, 4) is 5.75 Å². The summed E-state index contributed by atoms with van der Waals surface area (Å²) < 4.78 is 5.72. The lowest BCUT2D eigenvalue weighted by Crippen LogP contribution is -2.43. The van der Waals surface area contributed by atoms with Gasteiger partial charge in [-0.3, -0.25) is 9.59 Å². The van der Waals surface area contributed by atoms with Crippen LogP contribution in [-0.2, 0) is 15.2 Å². The van der Waals surface area contributed by atoms with Crippen LogP contribution in [-0.4, -0.2) is 29.9 Å². The van der Waals surface area contributed by atoms with E-state index in [2.05, 4.69) is 0 Å². The van der Waals surface area contributed by atoms with Crippen LogP contribution in [0, 0.1) is 6.92 Å². The molecule has 1 N–H and O–H groups in total. The summed E-state index contributed by atoms with van der Waals surface area (Å²) in [4.78, 5) is 25.8. The Morgan fingerprint density at radius 2 is 1.96 bits per heavy atom. The fourth-order valence-corrected chi connectivity index (χ4v) is 3.22. The fourth-order valence-electron chi connectivity index (χ4n) is 3.22. The lowest BCUT2D eigenvalue weighted by Gasteiger charge is -2.22. The third-order valence-electron chi connectivity index (χ3n) is 4.32. The van der Waals surface area contributed by atoms with E-state index in [1.54, 1.807) is 24.3 Å². The Kier molecular flexibility index (Phi) is 4.59. The Hall–Kier alpha value is -2.66. The number of carbonyl (C=O) groups excluding carboxylic acids is 2. The predicted octanol–water partition coefficient (Wildman–Crippen LogP) is 2.59. The van der Waals surface area contributed by atoms with Gasteiger partial charge < -0.3 is 14.7 Å². The van der Waals surface area contributed by atoms with Crippen molar-refractivity contribution >= 4 is 17.4 Å². The van der Waals surface area contributed by atoms with E-state index in [-0.39, 0.29) is 12.2 Å². The molecule has 0 unspecified atom stereocenters. The maximum absolute atomic E-state index is 12.8. The second-order valence-electron chi connectivity index (χ2n) is 6.38. The number of amides is 1. The van der Waals surface area contributed by atoms with Crippen LogP contribution in [0.2, 0.25) is 0 Å². The van der Waals surface area contributed by atoms with Crippen LogP contribution in [0.5, 0.6) is 5.75 Å². The fraction of sp³-hybridized carbons (Fsp3) is 0.300. The number of ether oxygens (including phenoxy) is 1. The molecule has 25 heavy (non-hydrogen) atoms. The van der Waals surface area contributed by atoms with Gasteiger partial charge in [-0.2, -0.15) is 0 Å². The number of hydrogen-bond donors (Lipinski definition) is 1. The largest absolute Gasteiger partial charge is 0.492 e. The van der Waals surface area contributed by atoms with E-state index < -0.39 is 11.5 Å². The second kappa shape index (κ2) is 6.69. The number of carbonyl (C=O) groups is 2. The van der Waals surface area contributed by atoms with Crippen molar-refractivity contribution in [2.45, 2.75) is 25.9 Å². The van der Waals surface area contributed by atoms with E-state index in [0.717, 1.165) is 11.3 Å². The number of Topliss-reactive ketones (excluding diaryl/α,β-unsaturated/α-hetero) is 1. The van der Waals surface area contributed by atoms with E-state index in [4.69, 9.17) is 4.74 Å². The lowest BCUT2D eigenvalue weighted by molar-refractivity contribution is -0.141. The number of nitrogens with zero attached hydrogens (tertiary/aromatic N) is 1. The number of aliphatic hydroxyl groups is 1. The van der Waals surface area contributed by atoms with Crippen molar-refractivity contribution in [2.75, 3.05) is 18.1 Å². The molecule has 1 aliphatic heterocycles. The van der Waals surface area contributed by atoms with Crippen molar-refractivity contribution in [2.24, 2.45) is 0 Å². The van der Waals surface area contributed by atoms with Crippen molar-refractivity contribution in [3.63, 3.8) is 0 Å². The molecule has 0 radical (unpaired) electrons. The minimum Gasteiger partial charge on any atom is -0.492 e. The van der Waals surface area contributed by atoms with Crippen molar-refractivity contribution in [1.29, 1.82) is 0 Å². The number of para-hydroxylation sites is 1. The van der Waals surface area contributed by atoms with Gasteiger partial charge in [-0.1, -0.05) is 30.3 Å². The molecule has 0 spiro atoms. The number of rotatable bonds is 6. The normalized spacial score (nSPS) is 19.0. The van der Waals surface area contributed by atoms with Crippen molar-refractivity contribution in [1.82, 2.24) is 0 Å². The van der Waals surface area contributed by atoms with E-state index in [0.29, 0.717) is 24.4 Å². The molecule has 0 aliphatic carbocycles. The average Bonchev–Trinajstić information content (AvgIpc) is 2.76. The van der Waals surface area contributed by atoms with Gasteiger partial charge in [-0.25, -0.2) is 0 Å². The van der Waals surface area contributed by atoms with Crippen LogP contribution in [0.3, 0.4) is 0 Å². The maximum Gasteiger partial charge on any atom is 0.264 e. The SMILES string of the molecule is CC(=O)C[C@]1(O)C(=O)N(CCOc2cccc(C)c2)c2ccccc21. The smallest absolute Gasteiger partial charge is 0.264 e. The molecule has 0 aromatic heterocycles. The van der Waals surface area contributed by atoms with Gasteiger partial charge in [0.1, 0.15) is 18.1 Å². The number of benzene rings is 2. The number of fused-ring (bicyclic) bond motifs is 1. The number of anilines is 1. The van der Waals surface area contributed by atoms with E-state index >= 15 is 0 Å². The summed E-state index contributed by atoms with van der Waals surface area (Å²) >= 11 is 0. The zero-order valence-electron chi connectivity index (χ0n) is 14.4. The van der Waals surface area contributed by atoms with Gasteiger partial charge >= 0.3 is 0 Å². The topological polar surface area (TPSA) is 66.8 Å². The molecule has 2 aromatic rings. The summed E-state index contributed by atoms with van der Waals surface area (Å²) in [5.41, 5.74) is 0.414. The van der Waals surface area contributed by atoms with Gasteiger partial charge in [0.05, 0.1) is 12.2 Å². The Morgan fingerprint density at radius 3 is 2.68 bits per heavy atom. The molecule has 5 heteroatoms. The van der Waals surface area contributed by atoms with Crippen molar-refractivity contribution in [3.05, 3.63) is 59.7 Å². The molecule has 1 aliphatic rings. The highest BCUT2D eigenvalue weighted by molar-refractivity contribution is 6.08. The van der Waals surface area contributed by atoms with Crippen LogP contribution in [0.4, 0.5) is 5.69 Å². The molecule has 3 rings (SSSR count). The summed E-state index contributed by atoms with van der Waals surface area (Å²) in [5.74, 6) is 0.0270. The van der Waals surface area contributed by atoms with E-state index in [1.165, 1.54) is 11.8 Å². The van der Waals surface area contributed by atoms with Crippen LogP contribution >= 0.6 is 0 Å². The third kappa shape index (κ3) is 3.28. The first-order chi connectivity index (χ1) is 11.9. The quantitative estimate of drug-likeness (QED) is 0.878. The summed E-state index contributed by atoms with van der Waals surface area (Å²) in [6, 6.07) is 14.7. The second-order valence-corrected chi connectivity index (χ2v) is 6.38. The molecule has 1 atom stereocenters. The van der Waals surface area contributed by atoms with Gasteiger partial charge in [-0.05, 0) is 37.6 Å². The summed E-state index contributed by atoms with van der Waals surface area (Å²) in [7, 11) is 0. The van der Waals surface area contributed by atoms with E-state index in [9.17, 15) is 14.7 Å². The first-order valence-corrected chi connectivity index (χ1v) is 8.24. The first-order valence-electron chi connectivity index (χ1n) is 8.24. The highest BCUT2D eigenvalue weighted by Crippen LogP contribution is 2.42. The number of aryl methyl sites for hydroxylation is 1. The van der Waals surface area contributed by atoms with Gasteiger partial charge in [-0.15, -0.1) is 0 Å². The summed E-state index contributed by atoms with van der Waals surface area (Å²) in [6.45, 7) is 3.94. The molecule has 0 fully saturated rings. The molecule has 130 valence electrons. The zero-order chi connectivity index (χ0) is 18.0. The first kappa shape index (κ1) is 17.2. The highest BCUT2D eigenvalue weighted by atomic mass is 16.5. The standard InChI is InChI=1S/C20H21NO4/c1-14-6-5-7-16(12-14)25-11-10-21-18-9-4-3-8-17(18)20(24,19(21)23)13-15(2)22/h3-9,12,24H,10-11,13H2,1-2H3/t20-/m1/s1. The Morgan fingerprint density at radius 1 is 1.20 bits per heavy atom. The lowest BCUT2D eigenvalue weighted by atomic mass is 9.90. The minimum absolute atomic E-state index is 0.224. The van der Waals surface area contributed by atoms with Gasteiger partial charge in [0.25, 0.3) is 5.91 Å². The monoisotopic (exact) mass is 339 g/mol. The molecular weight excluding hydrogens is 318 g/mol. The van der Waals surface area contributed by atoms with E-state index in [1.807, 2.05) is 31.2 Å². The van der Waals surface area contributed by atoms with Gasteiger partial charge in [0.2, 0.25) is 0 Å². The Balaban J connectivity index is 1.78. The van der Waals surface area contributed by atoms with Gasteiger partial charge in [0, 0.05) is 12.0 Å². The highest BCUT2D eigenvalue weighted by Gasteiger charge is 2.50. The third-order valence-corrected chi connectivity index (χ3v) is 4.32. The summed E-state index contributed by atoms with van der Waals surface area (Å²) in [5, 5.41) is 10.9. The molecular formula is C20H21NO4. The molecule has 0 saturated heterocycles. The van der Waals surface area contributed by atoms with Crippen LogP contribution in [0.25, 0.3) is 0 Å². The summed E-state index contributed by atoms with van der Waals surface area (Å²) in [6.07, 6.45) is -0.224. The maximum atomic E-state index is 12.8. The molecule has 2 aromatic carbocycles. The molecule has 0 bridgehead atoms. The van der Waals surface area contributed by atoms with Crippen LogP contribution in [0.15, 0.2) is 48.5 Å². The Bertz CT molecular complexity index is 817. The van der Waals surface area contributed by atoms with Crippen molar-refractivity contribution < 1.29 is 19.4 Å². The average molecular weight is 339 g/mol. The molecule has 1 heterocycles. The predicted molar refractivity (Wildman–Crippen MR) is 94.7 cm³/mol. The van der Waals surface area contributed by atoms with Crippen LogP contribution in [0.1, 0.15) is 24.5 Å². The number of hydrogen-bond acceptors (Lipinski definition) is 4. The Labute approximate surface area is 146 Å². The minimum atomic E-state index is -1.79. The van der Waals surface area contributed by atoms with Gasteiger partial charge in [0.15, 0.2) is 5.60 Å². The van der Waals surface area contributed by atoms with Crippen LogP contribution < -0.4 is 9.64 Å².